The van der Waals surface area contributed by atoms with Crippen molar-refractivity contribution in [3.63, 3.8) is 0 Å². The number of fused-ring (bicyclic) bond motifs is 1. The number of aryl methyl sites for hydroxylation is 6. The van der Waals surface area contributed by atoms with Gasteiger partial charge in [-0.05, 0) is 114 Å². The Morgan fingerprint density at radius 2 is 1.05 bits per heavy atom. The molecule has 7 heterocycles. The van der Waals surface area contributed by atoms with Gasteiger partial charge in [-0.2, -0.15) is 0 Å². The Bertz CT molecular complexity index is 5030. The molecule has 2 aromatic carbocycles. The van der Waals surface area contributed by atoms with E-state index in [9.17, 15) is 53.4 Å². The standard InChI is InChI=1S/C82H108ClN23O16S/c1-52-53(2)123-82-70(52)71(55-12-14-56(83)15-13-55)94-61(73(85)106(82)54(3)84)20-21-67(109)92-57-16-18-59(19-17-57)122-47-46-121-45-44-120-43-42-119-41-40-118-39-38-117-37-26-66(108)87-28-11-34-100(4)33-10-27-86-65(107)22-29-91-79(114)75-98-63(50-104(75)8)96-69(111)24-31-90-78(113)72-60(25-35-101(72)5)95-81(116)76-99-64(51-105(76)9)97-68(110)23-30-89-77(112)62-48-58(49-103(62)7)93-80(115)74-88-32-36-102(74)6/h12-19,25,32,35-36,48-51,61,84-85H,10-11,20-24,26-31,33-34,37-47H2,1-9H3,(H,86,107)(H,87,108)(H,89,112)(H,90,113)(H,91,114)(H,92,109)(H,93,115)(H,95,116)(H,96,111)(H,97,110)/t61-/m1/s1. The van der Waals surface area contributed by atoms with E-state index in [0.717, 1.165) is 39.5 Å². The molecule has 12 N–H and O–H groups in total. The van der Waals surface area contributed by atoms with Crippen LogP contribution in [0.25, 0.3) is 0 Å². The molecule has 10 amide bonds. The van der Waals surface area contributed by atoms with Gasteiger partial charge in [0.05, 0.1) is 83.2 Å². The van der Waals surface area contributed by atoms with Gasteiger partial charge in [0, 0.05) is 164 Å². The van der Waals surface area contributed by atoms with Gasteiger partial charge in [-0.1, -0.05) is 23.7 Å². The number of carbonyl (C=O) groups excluding carboxylic acids is 10. The third kappa shape index (κ3) is 29.2. The molecule has 8 aromatic rings. The highest BCUT2D eigenvalue weighted by Crippen LogP contribution is 2.40. The Labute approximate surface area is 720 Å². The highest BCUT2D eigenvalue weighted by atomic mass is 35.5. The summed E-state index contributed by atoms with van der Waals surface area (Å²) in [5.74, 6) is -3.22. The molecule has 9 rings (SSSR count). The van der Waals surface area contributed by atoms with Crippen LogP contribution < -0.4 is 62.8 Å². The first-order chi connectivity index (χ1) is 59.1. The summed E-state index contributed by atoms with van der Waals surface area (Å²) in [4.78, 5) is 152. The maximum Gasteiger partial charge on any atom is 0.291 e. The van der Waals surface area contributed by atoms with Gasteiger partial charge < -0.3 is 109 Å². The maximum absolute atomic E-state index is 13.5. The van der Waals surface area contributed by atoms with Crippen LogP contribution in [-0.2, 0) is 82.9 Å². The van der Waals surface area contributed by atoms with Gasteiger partial charge in [-0.15, -0.1) is 11.3 Å². The lowest BCUT2D eigenvalue weighted by atomic mass is 9.99. The number of anilines is 6. The minimum atomic E-state index is -0.697. The van der Waals surface area contributed by atoms with Crippen LogP contribution in [0.1, 0.15) is 133 Å². The lowest BCUT2D eigenvalue weighted by molar-refractivity contribution is -0.122. The number of hydrogen-bond acceptors (Lipinski definition) is 24. The van der Waals surface area contributed by atoms with Gasteiger partial charge in [0.25, 0.3) is 29.5 Å². The van der Waals surface area contributed by atoms with E-state index in [4.69, 9.17) is 50.4 Å². The lowest BCUT2D eigenvalue weighted by Gasteiger charge is -2.25. The second kappa shape index (κ2) is 47.8. The largest absolute Gasteiger partial charge is 0.491 e. The number of aliphatic imine (C=N–C) groups is 1. The molecule has 0 saturated heterocycles. The van der Waals surface area contributed by atoms with E-state index >= 15 is 0 Å². The highest BCUT2D eigenvalue weighted by molar-refractivity contribution is 7.17. The van der Waals surface area contributed by atoms with E-state index in [1.165, 1.54) is 60.3 Å². The number of amidine groups is 2. The molecule has 0 bridgehead atoms. The molecule has 6 aromatic heterocycles. The first-order valence-electron chi connectivity index (χ1n) is 40.0. The van der Waals surface area contributed by atoms with E-state index in [0.29, 0.717) is 120 Å². The van der Waals surface area contributed by atoms with Crippen molar-refractivity contribution in [1.29, 1.82) is 10.8 Å². The molecular formula is C82H108ClN23O16S. The summed E-state index contributed by atoms with van der Waals surface area (Å²) in [6, 6.07) is 16.8. The number of ether oxygens (including phenoxy) is 6. The van der Waals surface area contributed by atoms with Crippen molar-refractivity contribution in [2.24, 2.45) is 40.2 Å². The van der Waals surface area contributed by atoms with E-state index in [1.54, 1.807) is 107 Å². The molecule has 0 spiro atoms. The number of aromatic nitrogens is 8. The van der Waals surface area contributed by atoms with Gasteiger partial charge in [-0.3, -0.25) is 68.7 Å². The predicted octanol–water partition coefficient (Wildman–Crippen LogP) is 5.95. The third-order valence-corrected chi connectivity index (χ3v) is 20.5. The van der Waals surface area contributed by atoms with Gasteiger partial charge in [-0.25, -0.2) is 15.0 Å². The van der Waals surface area contributed by atoms with Gasteiger partial charge >= 0.3 is 0 Å². The average molecular weight is 1740 g/mol. The molecule has 123 heavy (non-hydrogen) atoms. The fourth-order valence-electron chi connectivity index (χ4n) is 12.6. The lowest BCUT2D eigenvalue weighted by Crippen LogP contribution is -2.40. The molecule has 0 radical (unpaired) electrons. The fraction of sp³-hybridized carbons (Fsp3) is 0.439. The van der Waals surface area contributed by atoms with Crippen molar-refractivity contribution in [1.82, 2.24) is 69.3 Å². The van der Waals surface area contributed by atoms with Crippen LogP contribution in [-0.4, -0.2) is 251 Å². The van der Waals surface area contributed by atoms with Crippen LogP contribution in [0, 0.1) is 24.7 Å². The number of halogens is 1. The molecule has 1 aliphatic heterocycles. The number of hydrogen-bond donors (Lipinski definition) is 12. The molecule has 0 fully saturated rings. The molecule has 0 unspecified atom stereocenters. The van der Waals surface area contributed by atoms with Crippen molar-refractivity contribution >= 4 is 133 Å². The topological polar surface area (TPSA) is 476 Å². The van der Waals surface area contributed by atoms with Gasteiger partial charge in [0.15, 0.2) is 17.5 Å². The number of nitrogens with one attached hydrogen (secondary N) is 12. The normalized spacial score (nSPS) is 12.4. The first-order valence-corrected chi connectivity index (χ1v) is 41.2. The summed E-state index contributed by atoms with van der Waals surface area (Å²) in [6.45, 7) is 11.9. The molecule has 1 atom stereocenters. The Morgan fingerprint density at radius 1 is 0.520 bits per heavy atom. The van der Waals surface area contributed by atoms with Crippen molar-refractivity contribution in [2.75, 3.05) is 157 Å². The van der Waals surface area contributed by atoms with Crippen molar-refractivity contribution < 1.29 is 76.4 Å². The number of amides is 10. The number of carbonyl (C=O) groups is 10. The third-order valence-electron chi connectivity index (χ3n) is 19.1. The van der Waals surface area contributed by atoms with Crippen LogP contribution >= 0.6 is 22.9 Å². The Balaban J connectivity index is 0.517. The van der Waals surface area contributed by atoms with Crippen LogP contribution in [0.2, 0.25) is 5.02 Å². The SMILES string of the molecule is CC(=N)N1C(=N)[C@@H](CCC(=O)Nc2ccc(OCCOCCOCCOCCOCCOCCC(=O)NCCCN(C)CCCNC(=O)CCNC(=O)c3nc(NC(=O)CCNC(=O)c4c(NC(=O)c5nc(NC(=O)CCNC(=O)c6cc(NC(=O)c7nccn7C)cn6C)cn5C)ccn4C)cn3C)cc2)N=C(c2ccc(Cl)cc2)c2c1sc(C)c2C. The van der Waals surface area contributed by atoms with Gasteiger partial charge in [0.2, 0.25) is 41.2 Å². The summed E-state index contributed by atoms with van der Waals surface area (Å²) in [6.07, 6.45) is 10.8. The number of nitrogens with zero attached hydrogens (tertiary/aromatic N) is 11. The van der Waals surface area contributed by atoms with Crippen molar-refractivity contribution in [2.45, 2.75) is 78.2 Å². The van der Waals surface area contributed by atoms with Crippen LogP contribution in [0.3, 0.4) is 0 Å². The van der Waals surface area contributed by atoms with Crippen LogP contribution in [0.4, 0.5) is 33.7 Å². The summed E-state index contributed by atoms with van der Waals surface area (Å²) in [7, 11) is 9.98. The smallest absolute Gasteiger partial charge is 0.291 e. The predicted molar refractivity (Wildman–Crippen MR) is 464 cm³/mol. The van der Waals surface area contributed by atoms with Gasteiger partial charge in [0.1, 0.15) is 46.5 Å². The van der Waals surface area contributed by atoms with E-state index in [-0.39, 0.29) is 140 Å². The fourth-order valence-corrected chi connectivity index (χ4v) is 14.0. The maximum atomic E-state index is 13.5. The molecule has 660 valence electrons. The minimum absolute atomic E-state index is 0.0137. The monoisotopic (exact) mass is 1740 g/mol. The second-order valence-corrected chi connectivity index (χ2v) is 30.3. The second-order valence-electron chi connectivity index (χ2n) is 28.7. The quantitative estimate of drug-likeness (QED) is 0.0119. The van der Waals surface area contributed by atoms with Crippen LogP contribution in [0.15, 0.2) is 103 Å². The Morgan fingerprint density at radius 3 is 1.63 bits per heavy atom. The molecular weight excluding hydrogens is 1630 g/mol. The van der Waals surface area contributed by atoms with E-state index < -0.39 is 47.4 Å². The Kier molecular flexibility index (Phi) is 36.7. The molecule has 0 saturated carbocycles. The summed E-state index contributed by atoms with van der Waals surface area (Å²) >= 11 is 7.76. The number of rotatable bonds is 50. The molecule has 0 aliphatic carbocycles. The average Bonchev–Trinajstić information content (AvgIpc) is 1.60. The Hall–Kier alpha value is -12.3. The number of imidazole rings is 3. The molecule has 39 nitrogen and oxygen atoms in total. The van der Waals surface area contributed by atoms with E-state index in [1.807, 2.05) is 33.0 Å². The summed E-state index contributed by atoms with van der Waals surface area (Å²) in [5.41, 5.74) is 4.88. The minimum Gasteiger partial charge on any atom is -0.491 e. The summed E-state index contributed by atoms with van der Waals surface area (Å²) < 4.78 is 41.1. The number of benzene rings is 2. The van der Waals surface area contributed by atoms with Crippen LogP contribution in [0.5, 0.6) is 5.75 Å². The van der Waals surface area contributed by atoms with Crippen molar-refractivity contribution in [3.8, 4) is 5.75 Å². The first kappa shape index (κ1) is 94.5. The van der Waals surface area contributed by atoms with E-state index in [2.05, 4.69) is 73.0 Å². The van der Waals surface area contributed by atoms with Crippen molar-refractivity contribution in [3.05, 3.63) is 153 Å². The molecule has 41 heteroatoms. The number of thiophene rings is 1. The zero-order valence-corrected chi connectivity index (χ0v) is 72.0. The zero-order valence-electron chi connectivity index (χ0n) is 70.4. The highest BCUT2D eigenvalue weighted by Gasteiger charge is 2.35. The zero-order chi connectivity index (χ0) is 88.5. The molecule has 1 aliphatic rings. The summed E-state index contributed by atoms with van der Waals surface area (Å²) in [5, 5.41) is 46.5.